The van der Waals surface area contributed by atoms with Gasteiger partial charge in [-0.25, -0.2) is 14.8 Å². The van der Waals surface area contributed by atoms with Crippen molar-refractivity contribution in [3.8, 4) is 6.07 Å². The van der Waals surface area contributed by atoms with E-state index in [9.17, 15) is 4.79 Å². The van der Waals surface area contributed by atoms with Crippen molar-refractivity contribution >= 4 is 11.7 Å². The number of benzene rings is 1. The standard InChI is InChI=1S/C19H21N5O/c1-13-9-14(2)11-15(10-13)22-18(25)24-19(6-3-4-7-19)16-5-8-21-17(12-20)23-16/h5,8-11H,3-4,6-7H2,1-2H3,(H2,22,24,25). The third kappa shape index (κ3) is 3.77. The fraction of sp³-hybridized carbons (Fsp3) is 0.368. The van der Waals surface area contributed by atoms with Gasteiger partial charge in [0.15, 0.2) is 0 Å². The van der Waals surface area contributed by atoms with Gasteiger partial charge in [0.05, 0.1) is 11.2 Å². The predicted molar refractivity (Wildman–Crippen MR) is 95.0 cm³/mol. The second-order valence-electron chi connectivity index (χ2n) is 6.62. The highest BCUT2D eigenvalue weighted by Gasteiger charge is 2.38. The minimum Gasteiger partial charge on any atom is -0.327 e. The number of hydrogen-bond donors (Lipinski definition) is 2. The van der Waals surface area contributed by atoms with Crippen LogP contribution in [0.1, 0.15) is 48.3 Å². The number of aryl methyl sites for hydroxylation is 2. The van der Waals surface area contributed by atoms with Crippen LogP contribution in [0.15, 0.2) is 30.5 Å². The Hall–Kier alpha value is -2.94. The topological polar surface area (TPSA) is 90.7 Å². The molecule has 6 heteroatoms. The second-order valence-corrected chi connectivity index (χ2v) is 6.62. The fourth-order valence-corrected chi connectivity index (χ4v) is 3.53. The van der Waals surface area contributed by atoms with E-state index in [4.69, 9.17) is 5.26 Å². The van der Waals surface area contributed by atoms with E-state index in [1.165, 1.54) is 0 Å². The van der Waals surface area contributed by atoms with Gasteiger partial charge >= 0.3 is 6.03 Å². The molecule has 1 fully saturated rings. The molecule has 0 bridgehead atoms. The van der Waals surface area contributed by atoms with Gasteiger partial charge in [0.1, 0.15) is 6.07 Å². The zero-order chi connectivity index (χ0) is 17.9. The number of nitrogens with one attached hydrogen (secondary N) is 2. The van der Waals surface area contributed by atoms with Gasteiger partial charge in [-0.05, 0) is 56.0 Å². The van der Waals surface area contributed by atoms with Gasteiger partial charge in [-0.2, -0.15) is 5.26 Å². The Labute approximate surface area is 147 Å². The van der Waals surface area contributed by atoms with Gasteiger partial charge in [-0.1, -0.05) is 18.9 Å². The molecule has 0 aliphatic heterocycles. The lowest BCUT2D eigenvalue weighted by Gasteiger charge is -2.29. The summed E-state index contributed by atoms with van der Waals surface area (Å²) in [6.07, 6.45) is 5.19. The van der Waals surface area contributed by atoms with Crippen molar-refractivity contribution < 1.29 is 4.79 Å². The van der Waals surface area contributed by atoms with Gasteiger partial charge < -0.3 is 10.6 Å². The van der Waals surface area contributed by atoms with Gasteiger partial charge in [-0.3, -0.25) is 0 Å². The van der Waals surface area contributed by atoms with Crippen LogP contribution in [-0.2, 0) is 5.54 Å². The van der Waals surface area contributed by atoms with E-state index in [0.29, 0.717) is 5.69 Å². The maximum Gasteiger partial charge on any atom is 0.319 e. The first kappa shape index (κ1) is 16.9. The lowest BCUT2D eigenvalue weighted by molar-refractivity contribution is 0.235. The largest absolute Gasteiger partial charge is 0.327 e. The monoisotopic (exact) mass is 335 g/mol. The molecule has 25 heavy (non-hydrogen) atoms. The Morgan fingerprint density at radius 1 is 1.20 bits per heavy atom. The lowest BCUT2D eigenvalue weighted by atomic mass is 9.93. The van der Waals surface area contributed by atoms with Crippen LogP contribution >= 0.6 is 0 Å². The number of urea groups is 1. The zero-order valence-electron chi connectivity index (χ0n) is 14.5. The van der Waals surface area contributed by atoms with E-state index in [1.54, 1.807) is 12.3 Å². The molecule has 6 nitrogen and oxygen atoms in total. The highest BCUT2D eigenvalue weighted by atomic mass is 16.2. The third-order valence-electron chi connectivity index (χ3n) is 4.54. The van der Waals surface area contributed by atoms with Gasteiger partial charge in [0, 0.05) is 11.9 Å². The van der Waals surface area contributed by atoms with Crippen LogP contribution in [0.5, 0.6) is 0 Å². The summed E-state index contributed by atoms with van der Waals surface area (Å²) in [5.41, 5.74) is 3.12. The minimum atomic E-state index is -0.544. The molecule has 1 aliphatic carbocycles. The number of carbonyl (C=O) groups is 1. The Morgan fingerprint density at radius 2 is 1.88 bits per heavy atom. The van der Waals surface area contributed by atoms with E-state index >= 15 is 0 Å². The number of carbonyl (C=O) groups excluding carboxylic acids is 1. The summed E-state index contributed by atoms with van der Waals surface area (Å²) in [7, 11) is 0. The van der Waals surface area contributed by atoms with Crippen LogP contribution in [-0.4, -0.2) is 16.0 Å². The molecule has 1 aromatic carbocycles. The maximum absolute atomic E-state index is 12.6. The Kier molecular flexibility index (Phi) is 4.66. The van der Waals surface area contributed by atoms with Crippen molar-refractivity contribution in [2.24, 2.45) is 0 Å². The number of amides is 2. The van der Waals surface area contributed by atoms with Gasteiger partial charge in [-0.15, -0.1) is 0 Å². The molecule has 2 amide bonds. The number of rotatable bonds is 3. The van der Waals surface area contributed by atoms with E-state index in [2.05, 4.69) is 26.7 Å². The Bertz CT molecular complexity index is 814. The van der Waals surface area contributed by atoms with Crippen LogP contribution in [0, 0.1) is 25.2 Å². The molecule has 0 atom stereocenters. The van der Waals surface area contributed by atoms with E-state index in [0.717, 1.165) is 42.5 Å². The maximum atomic E-state index is 12.6. The second kappa shape index (κ2) is 6.89. The summed E-state index contributed by atoms with van der Waals surface area (Å²) < 4.78 is 0. The van der Waals surface area contributed by atoms with Gasteiger partial charge in [0.25, 0.3) is 0 Å². The molecule has 1 aliphatic rings. The molecule has 0 saturated heterocycles. The predicted octanol–water partition coefficient (Wildman–Crippen LogP) is 3.56. The lowest BCUT2D eigenvalue weighted by Crippen LogP contribution is -2.46. The molecule has 1 saturated carbocycles. The van der Waals surface area contributed by atoms with Gasteiger partial charge in [0.2, 0.25) is 5.82 Å². The SMILES string of the molecule is Cc1cc(C)cc(NC(=O)NC2(c3ccnc(C#N)n3)CCCC2)c1. The van der Waals surface area contributed by atoms with Crippen LogP contribution < -0.4 is 10.6 Å². The van der Waals surface area contributed by atoms with Crippen molar-refractivity contribution in [2.75, 3.05) is 5.32 Å². The highest BCUT2D eigenvalue weighted by Crippen LogP contribution is 2.37. The van der Waals surface area contributed by atoms with Crippen molar-refractivity contribution in [2.45, 2.75) is 45.1 Å². The smallest absolute Gasteiger partial charge is 0.319 e. The molecule has 1 aromatic heterocycles. The fourth-order valence-electron chi connectivity index (χ4n) is 3.53. The van der Waals surface area contributed by atoms with Crippen LogP contribution in [0.25, 0.3) is 0 Å². The molecule has 2 aromatic rings. The highest BCUT2D eigenvalue weighted by molar-refractivity contribution is 5.90. The number of aromatic nitrogens is 2. The van der Waals surface area contributed by atoms with Crippen LogP contribution in [0.3, 0.4) is 0 Å². The summed E-state index contributed by atoms with van der Waals surface area (Å²) in [6.45, 7) is 4.00. The summed E-state index contributed by atoms with van der Waals surface area (Å²) >= 11 is 0. The summed E-state index contributed by atoms with van der Waals surface area (Å²) in [4.78, 5) is 20.8. The van der Waals surface area contributed by atoms with E-state index in [1.807, 2.05) is 32.0 Å². The number of nitrogens with zero attached hydrogens (tertiary/aromatic N) is 3. The number of anilines is 1. The number of hydrogen-bond acceptors (Lipinski definition) is 4. The quantitative estimate of drug-likeness (QED) is 0.897. The number of nitriles is 1. The van der Waals surface area contributed by atoms with Crippen molar-refractivity contribution in [1.29, 1.82) is 5.26 Å². The molecule has 128 valence electrons. The molecule has 3 rings (SSSR count). The van der Waals surface area contributed by atoms with Crippen molar-refractivity contribution in [1.82, 2.24) is 15.3 Å². The average molecular weight is 335 g/mol. The molecule has 0 spiro atoms. The summed E-state index contributed by atoms with van der Waals surface area (Å²) in [6, 6.07) is 9.42. The first-order valence-electron chi connectivity index (χ1n) is 8.42. The molecular formula is C19H21N5O. The molecule has 0 unspecified atom stereocenters. The summed E-state index contributed by atoms with van der Waals surface area (Å²) in [5, 5.41) is 15.1. The van der Waals surface area contributed by atoms with E-state index < -0.39 is 5.54 Å². The molecule has 2 N–H and O–H groups in total. The Morgan fingerprint density at radius 3 is 2.52 bits per heavy atom. The minimum absolute atomic E-state index is 0.125. The van der Waals surface area contributed by atoms with Crippen LogP contribution in [0.4, 0.5) is 10.5 Å². The first-order valence-corrected chi connectivity index (χ1v) is 8.42. The normalized spacial score (nSPS) is 15.4. The molecule has 0 radical (unpaired) electrons. The van der Waals surface area contributed by atoms with E-state index in [-0.39, 0.29) is 11.9 Å². The third-order valence-corrected chi connectivity index (χ3v) is 4.54. The first-order chi connectivity index (χ1) is 12.0. The van der Waals surface area contributed by atoms with Crippen molar-refractivity contribution in [3.05, 3.63) is 53.1 Å². The van der Waals surface area contributed by atoms with Crippen molar-refractivity contribution in [3.63, 3.8) is 0 Å². The van der Waals surface area contributed by atoms with Crippen LogP contribution in [0.2, 0.25) is 0 Å². The zero-order valence-corrected chi connectivity index (χ0v) is 14.5. The molecule has 1 heterocycles. The Balaban J connectivity index is 1.82. The summed E-state index contributed by atoms with van der Waals surface area (Å²) in [5.74, 6) is 0.125. The average Bonchev–Trinajstić information content (AvgIpc) is 3.03. The molecular weight excluding hydrogens is 314 g/mol.